The molecule has 0 amide bonds. The molecule has 3 heteroatoms. The van der Waals surface area contributed by atoms with Gasteiger partial charge in [0.2, 0.25) is 0 Å². The maximum absolute atomic E-state index is 4.37. The fraction of sp³-hybridized carbons (Fsp3) is 0.857. The number of hydrogen-bond donors (Lipinski definition) is 1. The summed E-state index contributed by atoms with van der Waals surface area (Å²) in [4.78, 5) is 4.37. The van der Waals surface area contributed by atoms with Crippen LogP contribution in [-0.2, 0) is 0 Å². The molecule has 1 N–H and O–H groups in total. The summed E-state index contributed by atoms with van der Waals surface area (Å²) in [6.45, 7) is 1.01. The number of thioether (sulfide) groups is 1. The van der Waals surface area contributed by atoms with Crippen molar-refractivity contribution in [3.63, 3.8) is 0 Å². The van der Waals surface area contributed by atoms with Gasteiger partial charge in [-0.2, -0.15) is 0 Å². The molecule has 0 aromatic heterocycles. The molecule has 1 fully saturated rings. The van der Waals surface area contributed by atoms with Crippen LogP contribution in [0, 0.1) is 5.92 Å². The largest absolute Gasteiger partial charge is 0.360 e. The standard InChI is InChI=1S/C7H12N2S/c1-10-7-8-4-6(9-7)5-2-3-5/h5-6H,2-4H2,1H3,(H,8,9). The normalized spacial score (nSPS) is 31.7. The lowest BCUT2D eigenvalue weighted by atomic mass is 10.2. The van der Waals surface area contributed by atoms with Gasteiger partial charge < -0.3 is 5.32 Å². The zero-order valence-electron chi connectivity index (χ0n) is 6.13. The summed E-state index contributed by atoms with van der Waals surface area (Å²) in [5.74, 6) is 0.938. The SMILES string of the molecule is CSC1=NCC(C2CC2)N1. The summed E-state index contributed by atoms with van der Waals surface area (Å²) in [6, 6.07) is 0.683. The van der Waals surface area contributed by atoms with Crippen molar-refractivity contribution in [2.75, 3.05) is 12.8 Å². The van der Waals surface area contributed by atoms with Gasteiger partial charge in [0, 0.05) is 0 Å². The molecule has 1 heterocycles. The molecule has 2 nitrogen and oxygen atoms in total. The second kappa shape index (κ2) is 2.46. The van der Waals surface area contributed by atoms with E-state index in [0.29, 0.717) is 6.04 Å². The van der Waals surface area contributed by atoms with Crippen LogP contribution in [0.25, 0.3) is 0 Å². The Balaban J connectivity index is 1.86. The van der Waals surface area contributed by atoms with Crippen LogP contribution in [0.1, 0.15) is 12.8 Å². The van der Waals surface area contributed by atoms with E-state index in [1.807, 2.05) is 0 Å². The van der Waals surface area contributed by atoms with E-state index >= 15 is 0 Å². The Kier molecular flexibility index (Phi) is 1.60. The highest BCUT2D eigenvalue weighted by Gasteiger charge is 2.33. The van der Waals surface area contributed by atoms with Gasteiger partial charge in [0.05, 0.1) is 12.6 Å². The first-order valence-electron chi connectivity index (χ1n) is 3.75. The van der Waals surface area contributed by atoms with E-state index in [0.717, 1.165) is 17.6 Å². The molecule has 0 spiro atoms. The highest BCUT2D eigenvalue weighted by molar-refractivity contribution is 8.13. The molecule has 0 radical (unpaired) electrons. The maximum atomic E-state index is 4.37. The topological polar surface area (TPSA) is 24.4 Å². The minimum Gasteiger partial charge on any atom is -0.360 e. The van der Waals surface area contributed by atoms with Crippen molar-refractivity contribution in [1.29, 1.82) is 0 Å². The van der Waals surface area contributed by atoms with Crippen LogP contribution in [0.2, 0.25) is 0 Å². The molecule has 0 aromatic rings. The van der Waals surface area contributed by atoms with Gasteiger partial charge in [-0.1, -0.05) is 11.8 Å². The van der Waals surface area contributed by atoms with E-state index in [2.05, 4.69) is 16.6 Å². The summed E-state index contributed by atoms with van der Waals surface area (Å²) in [5, 5.41) is 4.55. The minimum absolute atomic E-state index is 0.683. The first kappa shape index (κ1) is 6.53. The van der Waals surface area contributed by atoms with Gasteiger partial charge in [0.1, 0.15) is 0 Å². The van der Waals surface area contributed by atoms with E-state index < -0.39 is 0 Å². The second-order valence-corrected chi connectivity index (χ2v) is 3.73. The lowest BCUT2D eigenvalue weighted by Crippen LogP contribution is -2.30. The Bertz CT molecular complexity index is 163. The molecule has 2 rings (SSSR count). The van der Waals surface area contributed by atoms with Gasteiger partial charge >= 0.3 is 0 Å². The van der Waals surface area contributed by atoms with Crippen molar-refractivity contribution in [3.05, 3.63) is 0 Å². The van der Waals surface area contributed by atoms with E-state index in [4.69, 9.17) is 0 Å². The lowest BCUT2D eigenvalue weighted by molar-refractivity contribution is 0.584. The molecule has 0 saturated heterocycles. The Morgan fingerprint density at radius 1 is 1.60 bits per heavy atom. The van der Waals surface area contributed by atoms with Gasteiger partial charge in [-0.25, -0.2) is 0 Å². The van der Waals surface area contributed by atoms with Crippen LogP contribution in [0.4, 0.5) is 0 Å². The Morgan fingerprint density at radius 2 is 2.40 bits per heavy atom. The molecule has 1 aliphatic heterocycles. The molecule has 1 atom stereocenters. The zero-order valence-corrected chi connectivity index (χ0v) is 6.95. The molecular weight excluding hydrogens is 144 g/mol. The number of amidine groups is 1. The molecule has 1 unspecified atom stereocenters. The Hall–Kier alpha value is -0.180. The lowest BCUT2D eigenvalue weighted by Gasteiger charge is -2.07. The van der Waals surface area contributed by atoms with Crippen molar-refractivity contribution in [2.45, 2.75) is 18.9 Å². The number of nitrogens with zero attached hydrogens (tertiary/aromatic N) is 1. The van der Waals surface area contributed by atoms with Crippen molar-refractivity contribution < 1.29 is 0 Å². The third-order valence-electron chi connectivity index (χ3n) is 2.12. The number of aliphatic imine (C=N–C) groups is 1. The zero-order chi connectivity index (χ0) is 6.97. The third-order valence-corrected chi connectivity index (χ3v) is 2.76. The molecule has 56 valence electrons. The summed E-state index contributed by atoms with van der Waals surface area (Å²) in [7, 11) is 0. The van der Waals surface area contributed by atoms with Gasteiger partial charge in [-0.15, -0.1) is 0 Å². The van der Waals surface area contributed by atoms with Gasteiger partial charge in [-0.05, 0) is 25.0 Å². The summed E-state index contributed by atoms with van der Waals surface area (Å²) in [6.07, 6.45) is 4.89. The van der Waals surface area contributed by atoms with Crippen LogP contribution in [0.3, 0.4) is 0 Å². The fourth-order valence-corrected chi connectivity index (χ4v) is 1.79. The first-order chi connectivity index (χ1) is 4.90. The summed E-state index contributed by atoms with van der Waals surface area (Å²) < 4.78 is 0. The smallest absolute Gasteiger partial charge is 0.156 e. The molecule has 1 aliphatic carbocycles. The average Bonchev–Trinajstić information content (AvgIpc) is 2.70. The monoisotopic (exact) mass is 156 g/mol. The van der Waals surface area contributed by atoms with E-state index in [1.54, 1.807) is 11.8 Å². The number of nitrogens with one attached hydrogen (secondary N) is 1. The third kappa shape index (κ3) is 1.15. The second-order valence-electron chi connectivity index (χ2n) is 2.94. The number of rotatable bonds is 1. The van der Waals surface area contributed by atoms with Crippen LogP contribution >= 0.6 is 11.8 Å². The summed E-state index contributed by atoms with van der Waals surface area (Å²) >= 11 is 1.72. The summed E-state index contributed by atoms with van der Waals surface area (Å²) in [5.41, 5.74) is 0. The fourth-order valence-electron chi connectivity index (χ4n) is 1.32. The van der Waals surface area contributed by atoms with Crippen LogP contribution in [-0.4, -0.2) is 24.0 Å². The molecule has 1 saturated carbocycles. The quantitative estimate of drug-likeness (QED) is 0.614. The van der Waals surface area contributed by atoms with E-state index in [-0.39, 0.29) is 0 Å². The molecule has 0 aromatic carbocycles. The molecule has 10 heavy (non-hydrogen) atoms. The minimum atomic E-state index is 0.683. The van der Waals surface area contributed by atoms with Crippen molar-refractivity contribution in [3.8, 4) is 0 Å². The highest BCUT2D eigenvalue weighted by atomic mass is 32.2. The van der Waals surface area contributed by atoms with Crippen LogP contribution < -0.4 is 5.32 Å². The predicted octanol–water partition coefficient (Wildman–Crippen LogP) is 1.09. The average molecular weight is 156 g/mol. The van der Waals surface area contributed by atoms with Crippen molar-refractivity contribution in [1.82, 2.24) is 5.32 Å². The van der Waals surface area contributed by atoms with E-state index in [9.17, 15) is 0 Å². The van der Waals surface area contributed by atoms with Gasteiger partial charge in [0.15, 0.2) is 5.17 Å². The maximum Gasteiger partial charge on any atom is 0.156 e. The number of hydrogen-bond acceptors (Lipinski definition) is 3. The van der Waals surface area contributed by atoms with Gasteiger partial charge in [-0.3, -0.25) is 4.99 Å². The van der Waals surface area contributed by atoms with Crippen LogP contribution in [0.5, 0.6) is 0 Å². The van der Waals surface area contributed by atoms with Crippen molar-refractivity contribution >= 4 is 16.9 Å². The molecule has 0 bridgehead atoms. The Morgan fingerprint density at radius 3 is 2.90 bits per heavy atom. The molecule has 2 aliphatic rings. The van der Waals surface area contributed by atoms with E-state index in [1.165, 1.54) is 12.8 Å². The molecular formula is C7H12N2S. The predicted molar refractivity (Wildman–Crippen MR) is 45.5 cm³/mol. The first-order valence-corrected chi connectivity index (χ1v) is 4.97. The highest BCUT2D eigenvalue weighted by Crippen LogP contribution is 2.34. The van der Waals surface area contributed by atoms with Crippen molar-refractivity contribution in [2.24, 2.45) is 10.9 Å². The Labute approximate surface area is 65.5 Å². The van der Waals surface area contributed by atoms with Crippen LogP contribution in [0.15, 0.2) is 4.99 Å². The van der Waals surface area contributed by atoms with Gasteiger partial charge in [0.25, 0.3) is 0 Å².